The van der Waals surface area contributed by atoms with Crippen molar-refractivity contribution < 1.29 is 33.8 Å². The molecule has 0 spiro atoms. The van der Waals surface area contributed by atoms with Gasteiger partial charge in [0, 0.05) is 31.1 Å². The van der Waals surface area contributed by atoms with E-state index >= 15 is 0 Å². The summed E-state index contributed by atoms with van der Waals surface area (Å²) in [6.07, 6.45) is 2.84. The molecule has 2 aliphatic rings. The molecule has 206 valence electrons. The minimum absolute atomic E-state index is 0. The van der Waals surface area contributed by atoms with Crippen LogP contribution < -0.4 is 0 Å². The van der Waals surface area contributed by atoms with Crippen LogP contribution in [0.2, 0.25) is 0 Å². The van der Waals surface area contributed by atoms with Crippen molar-refractivity contribution in [2.24, 2.45) is 11.8 Å². The Hall–Kier alpha value is -2.32. The van der Waals surface area contributed by atoms with Crippen molar-refractivity contribution in [1.29, 1.82) is 0 Å². The molecule has 9 nitrogen and oxygen atoms in total. The molecule has 4 unspecified atom stereocenters. The highest BCUT2D eigenvalue weighted by molar-refractivity contribution is 5.72. The lowest BCUT2D eigenvalue weighted by Crippen LogP contribution is -2.47. The summed E-state index contributed by atoms with van der Waals surface area (Å²) in [6.45, 7) is 15.9. The van der Waals surface area contributed by atoms with E-state index in [-0.39, 0.29) is 51.0 Å². The first-order valence-electron chi connectivity index (χ1n) is 11.7. The maximum absolute atomic E-state index is 11.9. The summed E-state index contributed by atoms with van der Waals surface area (Å²) < 4.78 is 10.6. The van der Waals surface area contributed by atoms with Crippen molar-refractivity contribution in [3.8, 4) is 0 Å². The number of ether oxygens (including phenoxy) is 2. The van der Waals surface area contributed by atoms with Crippen molar-refractivity contribution in [3.63, 3.8) is 0 Å². The van der Waals surface area contributed by atoms with Crippen LogP contribution >= 0.6 is 0 Å². The van der Waals surface area contributed by atoms with Gasteiger partial charge in [0.15, 0.2) is 0 Å². The van der Waals surface area contributed by atoms with Crippen LogP contribution in [0.5, 0.6) is 0 Å². The van der Waals surface area contributed by atoms with Crippen molar-refractivity contribution in [1.82, 2.24) is 9.80 Å². The van der Waals surface area contributed by atoms with Gasteiger partial charge in [-0.15, -0.1) is 0 Å². The lowest BCUT2D eigenvalue weighted by Gasteiger charge is -2.37. The number of carbonyl (C=O) groups is 4. The van der Waals surface area contributed by atoms with Gasteiger partial charge in [-0.3, -0.25) is 4.79 Å². The van der Waals surface area contributed by atoms with Crippen molar-refractivity contribution in [2.45, 2.75) is 119 Å². The maximum Gasteiger partial charge on any atom is 0.410 e. The van der Waals surface area contributed by atoms with Gasteiger partial charge in [0.05, 0.1) is 5.92 Å². The molecule has 2 fully saturated rings. The number of hydrogen-bond acceptors (Lipinski definition) is 6. The zero-order valence-corrected chi connectivity index (χ0v) is 21.4. The van der Waals surface area contributed by atoms with E-state index in [0.717, 1.165) is 19.1 Å². The van der Waals surface area contributed by atoms with Gasteiger partial charge in [0.1, 0.15) is 17.5 Å². The van der Waals surface area contributed by atoms with Gasteiger partial charge in [0.2, 0.25) is 0 Å². The Morgan fingerprint density at radius 2 is 1.20 bits per heavy atom. The van der Waals surface area contributed by atoms with E-state index in [4.69, 9.17) is 14.6 Å². The number of piperidine rings is 2. The molecule has 4 atom stereocenters. The van der Waals surface area contributed by atoms with Crippen LogP contribution in [0.15, 0.2) is 0 Å². The number of carboxylic acid groups (broad SMARTS) is 1. The van der Waals surface area contributed by atoms with Crippen molar-refractivity contribution in [2.75, 3.05) is 13.1 Å². The van der Waals surface area contributed by atoms with Gasteiger partial charge in [-0.1, -0.05) is 14.9 Å². The van der Waals surface area contributed by atoms with Crippen LogP contribution in [0.25, 0.3) is 0 Å². The second kappa shape index (κ2) is 14.3. The third kappa shape index (κ3) is 12.3. The molecule has 0 aromatic heterocycles. The first kappa shape index (κ1) is 34.8. The molecule has 9 heteroatoms. The van der Waals surface area contributed by atoms with Crippen LogP contribution in [0.4, 0.5) is 9.59 Å². The quantitative estimate of drug-likeness (QED) is 0.489. The molecular weight excluding hydrogens is 452 g/mol. The second-order valence-corrected chi connectivity index (χ2v) is 11.0. The highest BCUT2D eigenvalue weighted by atomic mass is 16.6. The molecule has 1 N–H and O–H groups in total. The Morgan fingerprint density at radius 1 is 0.800 bits per heavy atom. The molecule has 2 amide bonds. The summed E-state index contributed by atoms with van der Waals surface area (Å²) in [7, 11) is 0. The van der Waals surface area contributed by atoms with E-state index < -0.39 is 17.2 Å². The SMILES string of the molecule is C.C.CC1CC(C(=O)O)CCN1C(=O)OC(C)(C)C.CC1CC(C=O)CCN1C(=O)OC(C)(C)C. The minimum atomic E-state index is -0.777. The molecule has 0 radical (unpaired) electrons. The van der Waals surface area contributed by atoms with E-state index in [2.05, 4.69) is 0 Å². The Balaban J connectivity index is 0. The number of rotatable bonds is 2. The van der Waals surface area contributed by atoms with Crippen LogP contribution in [-0.2, 0) is 19.1 Å². The monoisotopic (exact) mass is 502 g/mol. The second-order valence-electron chi connectivity index (χ2n) is 11.0. The lowest BCUT2D eigenvalue weighted by molar-refractivity contribution is -0.144. The van der Waals surface area contributed by atoms with E-state index in [1.54, 1.807) is 9.80 Å². The fourth-order valence-corrected chi connectivity index (χ4v) is 3.91. The molecule has 2 aliphatic heterocycles. The summed E-state index contributed by atoms with van der Waals surface area (Å²) in [5.74, 6) is -1.03. The third-order valence-corrected chi connectivity index (χ3v) is 5.59. The summed E-state index contributed by atoms with van der Waals surface area (Å²) in [5.41, 5.74) is -0.973. The van der Waals surface area contributed by atoms with Crippen molar-refractivity contribution in [3.05, 3.63) is 0 Å². The number of aldehydes is 1. The van der Waals surface area contributed by atoms with Gasteiger partial charge in [0.25, 0.3) is 0 Å². The molecular formula is C26H50N2O7. The molecule has 2 heterocycles. The highest BCUT2D eigenvalue weighted by Gasteiger charge is 2.34. The molecule has 2 saturated heterocycles. The number of likely N-dealkylation sites (tertiary alicyclic amines) is 2. The Labute approximate surface area is 212 Å². The van der Waals surface area contributed by atoms with E-state index in [1.807, 2.05) is 55.4 Å². The first-order valence-corrected chi connectivity index (χ1v) is 11.7. The number of carbonyl (C=O) groups excluding carboxylic acids is 3. The summed E-state index contributed by atoms with van der Waals surface area (Å²) in [5, 5.41) is 8.93. The number of carboxylic acids is 1. The van der Waals surface area contributed by atoms with Gasteiger partial charge in [-0.05, 0) is 81.1 Å². The van der Waals surface area contributed by atoms with Crippen LogP contribution in [0.1, 0.15) is 95.9 Å². The highest BCUT2D eigenvalue weighted by Crippen LogP contribution is 2.25. The molecule has 0 aliphatic carbocycles. The number of nitrogens with zero attached hydrogens (tertiary/aromatic N) is 2. The van der Waals surface area contributed by atoms with Gasteiger partial charge in [-0.2, -0.15) is 0 Å². The largest absolute Gasteiger partial charge is 0.481 e. The summed E-state index contributed by atoms with van der Waals surface area (Å²) in [4.78, 5) is 48.6. The molecule has 0 bridgehead atoms. The van der Waals surface area contributed by atoms with Gasteiger partial charge in [-0.25, -0.2) is 9.59 Å². The number of amides is 2. The minimum Gasteiger partial charge on any atom is -0.481 e. The number of hydrogen-bond donors (Lipinski definition) is 1. The standard InChI is InChI=1S/C12H21NO4.C12H21NO3.2CH4/c1-8-7-9(10(14)15)5-6-13(8)11(16)17-12(2,3)4;1-9-7-10(8-14)5-6-13(9)11(15)16-12(2,3)4;;/h8-9H,5-7H2,1-4H3,(H,14,15);8-10H,5-7H2,1-4H3;2*1H4. The zero-order valence-electron chi connectivity index (χ0n) is 21.4. The Morgan fingerprint density at radius 3 is 1.51 bits per heavy atom. The normalized spacial score (nSPS) is 24.5. The summed E-state index contributed by atoms with van der Waals surface area (Å²) >= 11 is 0. The first-order chi connectivity index (χ1) is 15.0. The molecule has 2 rings (SSSR count). The van der Waals surface area contributed by atoms with Gasteiger partial charge < -0.3 is 29.2 Å². The fraction of sp³-hybridized carbons (Fsp3) is 0.846. The van der Waals surface area contributed by atoms with Crippen LogP contribution in [-0.4, -0.2) is 75.7 Å². The van der Waals surface area contributed by atoms with E-state index in [0.29, 0.717) is 25.9 Å². The predicted octanol–water partition coefficient (Wildman–Crippen LogP) is 5.60. The molecule has 0 aromatic carbocycles. The average Bonchev–Trinajstić information content (AvgIpc) is 2.65. The number of aliphatic carboxylic acids is 1. The topological polar surface area (TPSA) is 113 Å². The smallest absolute Gasteiger partial charge is 0.410 e. The summed E-state index contributed by atoms with van der Waals surface area (Å²) in [6, 6.07) is -0.00139. The molecule has 0 saturated carbocycles. The Bertz CT molecular complexity index is 697. The Kier molecular flexibility index (Phi) is 14.2. The lowest BCUT2D eigenvalue weighted by atomic mass is 9.92. The van der Waals surface area contributed by atoms with Gasteiger partial charge >= 0.3 is 18.2 Å². The fourth-order valence-electron chi connectivity index (χ4n) is 3.91. The average molecular weight is 503 g/mol. The predicted molar refractivity (Wildman–Crippen MR) is 137 cm³/mol. The van der Waals surface area contributed by atoms with E-state index in [9.17, 15) is 19.2 Å². The maximum atomic E-state index is 11.9. The zero-order chi connectivity index (χ0) is 25.6. The van der Waals surface area contributed by atoms with E-state index in [1.165, 1.54) is 0 Å². The molecule has 0 aromatic rings. The van der Waals surface area contributed by atoms with Crippen LogP contribution in [0, 0.1) is 11.8 Å². The van der Waals surface area contributed by atoms with Crippen molar-refractivity contribution >= 4 is 24.4 Å². The third-order valence-electron chi connectivity index (χ3n) is 5.59. The molecule has 35 heavy (non-hydrogen) atoms. The van der Waals surface area contributed by atoms with Crippen LogP contribution in [0.3, 0.4) is 0 Å².